The number of methoxy groups -OCH3 is 1. The first-order chi connectivity index (χ1) is 7.95. The summed E-state index contributed by atoms with van der Waals surface area (Å²) in [5.41, 5.74) is 0. The van der Waals surface area contributed by atoms with Crippen molar-refractivity contribution in [2.24, 2.45) is 11.8 Å². The number of ether oxygens (including phenoxy) is 1. The van der Waals surface area contributed by atoms with E-state index in [1.54, 1.807) is 0 Å². The van der Waals surface area contributed by atoms with Crippen LogP contribution >= 0.6 is 11.8 Å². The molecule has 1 aliphatic carbocycles. The quantitative estimate of drug-likeness (QED) is 0.700. The molecule has 0 bridgehead atoms. The van der Waals surface area contributed by atoms with Crippen LogP contribution in [0, 0.1) is 11.8 Å². The normalized spacial score (nSPS) is 25.6. The Labute approximate surface area is 110 Å². The van der Waals surface area contributed by atoms with E-state index in [1.807, 2.05) is 11.8 Å². The second kappa shape index (κ2) is 6.67. The van der Waals surface area contributed by atoms with Crippen molar-refractivity contribution in [2.75, 3.05) is 12.9 Å². The van der Waals surface area contributed by atoms with Crippen molar-refractivity contribution in [1.82, 2.24) is 0 Å². The fraction of sp³-hybridized carbons (Fsp3) is 0.929. The third-order valence-corrected chi connectivity index (χ3v) is 5.49. The van der Waals surface area contributed by atoms with Crippen LogP contribution in [-0.4, -0.2) is 23.6 Å². The minimum absolute atomic E-state index is 0.0921. The summed E-state index contributed by atoms with van der Waals surface area (Å²) in [4.78, 5) is 11.1. The molecule has 100 valence electrons. The van der Waals surface area contributed by atoms with Gasteiger partial charge in [0.15, 0.2) is 0 Å². The van der Waals surface area contributed by atoms with E-state index in [4.69, 9.17) is 0 Å². The zero-order valence-electron chi connectivity index (χ0n) is 11.6. The first kappa shape index (κ1) is 14.9. The Kier molecular flexibility index (Phi) is 5.84. The van der Waals surface area contributed by atoms with Crippen LogP contribution in [0.1, 0.15) is 52.9 Å². The number of carbonyl (C=O) groups excluding carboxylic acids is 1. The molecule has 0 radical (unpaired) electrons. The average Bonchev–Trinajstić information content (AvgIpc) is 2.29. The number of hydrogen-bond acceptors (Lipinski definition) is 3. The van der Waals surface area contributed by atoms with Crippen molar-refractivity contribution in [3.05, 3.63) is 0 Å². The molecule has 3 heteroatoms. The van der Waals surface area contributed by atoms with Gasteiger partial charge in [-0.2, -0.15) is 11.8 Å². The summed E-state index contributed by atoms with van der Waals surface area (Å²) >= 11 is 1.93. The van der Waals surface area contributed by atoms with Gasteiger partial charge in [-0.1, -0.05) is 33.6 Å². The van der Waals surface area contributed by atoms with Crippen LogP contribution in [-0.2, 0) is 9.53 Å². The SMILES string of the molecule is COC(=O)CCSC(C)(C)C1CCC(C)CC1. The summed E-state index contributed by atoms with van der Waals surface area (Å²) < 4.78 is 4.97. The Balaban J connectivity index is 2.32. The summed E-state index contributed by atoms with van der Waals surface area (Å²) in [6, 6.07) is 0. The van der Waals surface area contributed by atoms with Crippen molar-refractivity contribution in [3.8, 4) is 0 Å². The van der Waals surface area contributed by atoms with Gasteiger partial charge in [-0.3, -0.25) is 4.79 Å². The van der Waals surface area contributed by atoms with Crippen LogP contribution in [0.4, 0.5) is 0 Å². The maximum absolute atomic E-state index is 11.1. The second-order valence-electron chi connectivity index (χ2n) is 5.73. The van der Waals surface area contributed by atoms with Gasteiger partial charge in [0, 0.05) is 10.5 Å². The first-order valence-electron chi connectivity index (χ1n) is 6.66. The van der Waals surface area contributed by atoms with Crippen LogP contribution in [0.5, 0.6) is 0 Å². The smallest absolute Gasteiger partial charge is 0.306 e. The minimum atomic E-state index is -0.0921. The van der Waals surface area contributed by atoms with Gasteiger partial charge in [-0.05, 0) is 24.7 Å². The van der Waals surface area contributed by atoms with Gasteiger partial charge in [-0.15, -0.1) is 0 Å². The Morgan fingerprint density at radius 1 is 1.29 bits per heavy atom. The predicted molar refractivity (Wildman–Crippen MR) is 74.3 cm³/mol. The molecule has 0 aromatic carbocycles. The average molecular weight is 258 g/mol. The topological polar surface area (TPSA) is 26.3 Å². The van der Waals surface area contributed by atoms with E-state index in [2.05, 4.69) is 25.5 Å². The molecule has 1 aliphatic rings. The molecule has 0 saturated heterocycles. The molecule has 0 atom stereocenters. The van der Waals surface area contributed by atoms with Crippen molar-refractivity contribution in [1.29, 1.82) is 0 Å². The molecule has 17 heavy (non-hydrogen) atoms. The largest absolute Gasteiger partial charge is 0.469 e. The third kappa shape index (κ3) is 4.90. The van der Waals surface area contributed by atoms with Crippen molar-refractivity contribution in [3.63, 3.8) is 0 Å². The Morgan fingerprint density at radius 3 is 2.41 bits per heavy atom. The Bertz CT molecular complexity index is 243. The van der Waals surface area contributed by atoms with E-state index in [-0.39, 0.29) is 5.97 Å². The van der Waals surface area contributed by atoms with E-state index in [9.17, 15) is 4.79 Å². The Morgan fingerprint density at radius 2 is 1.88 bits per heavy atom. The summed E-state index contributed by atoms with van der Waals surface area (Å²) in [5.74, 6) is 2.50. The number of carbonyl (C=O) groups is 1. The molecular weight excluding hydrogens is 232 g/mol. The van der Waals surface area contributed by atoms with Gasteiger partial charge in [0.25, 0.3) is 0 Å². The highest BCUT2D eigenvalue weighted by Crippen LogP contribution is 2.42. The zero-order chi connectivity index (χ0) is 12.9. The van der Waals surface area contributed by atoms with Crippen LogP contribution in [0.25, 0.3) is 0 Å². The fourth-order valence-electron chi connectivity index (χ4n) is 2.57. The van der Waals surface area contributed by atoms with Crippen LogP contribution in [0.15, 0.2) is 0 Å². The van der Waals surface area contributed by atoms with Crippen molar-refractivity contribution < 1.29 is 9.53 Å². The molecule has 2 nitrogen and oxygen atoms in total. The lowest BCUT2D eigenvalue weighted by Gasteiger charge is -2.38. The molecule has 1 fully saturated rings. The van der Waals surface area contributed by atoms with E-state index >= 15 is 0 Å². The van der Waals surface area contributed by atoms with Crippen LogP contribution < -0.4 is 0 Å². The molecular formula is C14H26O2S. The molecule has 0 aliphatic heterocycles. The van der Waals surface area contributed by atoms with Gasteiger partial charge in [-0.25, -0.2) is 0 Å². The minimum Gasteiger partial charge on any atom is -0.469 e. The molecule has 0 spiro atoms. The highest BCUT2D eigenvalue weighted by molar-refractivity contribution is 8.00. The fourth-order valence-corrected chi connectivity index (χ4v) is 3.84. The number of hydrogen-bond donors (Lipinski definition) is 0. The highest BCUT2D eigenvalue weighted by Gasteiger charge is 2.32. The molecule has 0 unspecified atom stereocenters. The van der Waals surface area contributed by atoms with Gasteiger partial charge in [0.1, 0.15) is 0 Å². The summed E-state index contributed by atoms with van der Waals surface area (Å²) in [7, 11) is 1.46. The second-order valence-corrected chi connectivity index (χ2v) is 7.48. The van der Waals surface area contributed by atoms with E-state index < -0.39 is 0 Å². The maximum atomic E-state index is 11.1. The monoisotopic (exact) mass is 258 g/mol. The molecule has 0 amide bonds. The van der Waals surface area contributed by atoms with E-state index in [0.717, 1.165) is 17.6 Å². The molecule has 0 N–H and O–H groups in total. The molecule has 0 aromatic rings. The number of thioether (sulfide) groups is 1. The predicted octanol–water partition coefficient (Wildman–Crippen LogP) is 3.89. The van der Waals surface area contributed by atoms with Gasteiger partial charge < -0.3 is 4.74 Å². The number of rotatable bonds is 5. The van der Waals surface area contributed by atoms with Crippen molar-refractivity contribution >= 4 is 17.7 Å². The third-order valence-electron chi connectivity index (χ3n) is 4.01. The zero-order valence-corrected chi connectivity index (χ0v) is 12.4. The van der Waals surface area contributed by atoms with E-state index in [0.29, 0.717) is 11.2 Å². The molecule has 1 saturated carbocycles. The Hall–Kier alpha value is -0.180. The molecule has 1 rings (SSSR count). The van der Waals surface area contributed by atoms with Gasteiger partial charge >= 0.3 is 5.97 Å². The van der Waals surface area contributed by atoms with Gasteiger partial charge in [0.2, 0.25) is 0 Å². The summed E-state index contributed by atoms with van der Waals surface area (Å²) in [6.07, 6.45) is 5.96. The highest BCUT2D eigenvalue weighted by atomic mass is 32.2. The van der Waals surface area contributed by atoms with Crippen LogP contribution in [0.3, 0.4) is 0 Å². The molecule has 0 aromatic heterocycles. The summed E-state index contributed by atoms with van der Waals surface area (Å²) in [5, 5.41) is 0. The van der Waals surface area contributed by atoms with E-state index in [1.165, 1.54) is 32.8 Å². The lowest BCUT2D eigenvalue weighted by atomic mass is 9.77. The summed E-state index contributed by atoms with van der Waals surface area (Å²) in [6.45, 7) is 7.01. The number of esters is 1. The molecule has 0 heterocycles. The lowest BCUT2D eigenvalue weighted by molar-refractivity contribution is -0.140. The lowest BCUT2D eigenvalue weighted by Crippen LogP contribution is -2.31. The first-order valence-corrected chi connectivity index (χ1v) is 7.65. The standard InChI is InChI=1S/C14H26O2S/c1-11-5-7-12(8-6-11)14(2,3)17-10-9-13(15)16-4/h11-12H,5-10H2,1-4H3. The van der Waals surface area contributed by atoms with Crippen molar-refractivity contribution in [2.45, 2.75) is 57.6 Å². The maximum Gasteiger partial charge on any atom is 0.306 e. The van der Waals surface area contributed by atoms with Crippen LogP contribution in [0.2, 0.25) is 0 Å². The van der Waals surface area contributed by atoms with Gasteiger partial charge in [0.05, 0.1) is 13.5 Å².